The third-order valence-electron chi connectivity index (χ3n) is 2.01. The average Bonchev–Trinajstić information content (AvgIpc) is 2.57. The predicted octanol–water partition coefficient (Wildman–Crippen LogP) is 1.37. The molecule has 1 heterocycles. The number of hydrogen-bond donors (Lipinski definition) is 0. The van der Waals surface area contributed by atoms with Gasteiger partial charge in [0.05, 0.1) is 17.3 Å². The van der Waals surface area contributed by atoms with E-state index < -0.39 is 11.3 Å². The van der Waals surface area contributed by atoms with Gasteiger partial charge in [-0.1, -0.05) is 23.5 Å². The number of aromatic nitrogens is 1. The van der Waals surface area contributed by atoms with E-state index in [-0.39, 0.29) is 0 Å². The van der Waals surface area contributed by atoms with Crippen molar-refractivity contribution in [1.82, 2.24) is 4.57 Å². The van der Waals surface area contributed by atoms with Crippen molar-refractivity contribution in [3.63, 3.8) is 0 Å². The Labute approximate surface area is 93.6 Å². The first kappa shape index (κ1) is 10.5. The van der Waals surface area contributed by atoms with E-state index in [9.17, 15) is 4.21 Å². The van der Waals surface area contributed by atoms with Gasteiger partial charge in [0.25, 0.3) is 11.3 Å². The molecule has 1 unspecified atom stereocenters. The van der Waals surface area contributed by atoms with E-state index in [1.54, 1.807) is 0 Å². The molecule has 0 fully saturated rings. The van der Waals surface area contributed by atoms with Crippen molar-refractivity contribution in [2.75, 3.05) is 7.11 Å². The van der Waals surface area contributed by atoms with Crippen LogP contribution in [0.4, 0.5) is 0 Å². The Bertz CT molecular complexity index is 571. The Balaban J connectivity index is 2.68. The van der Waals surface area contributed by atoms with E-state index in [4.69, 9.17) is 0 Å². The molecule has 6 heteroatoms. The number of thiazole rings is 1. The zero-order chi connectivity index (χ0) is 10.8. The summed E-state index contributed by atoms with van der Waals surface area (Å²) in [5.74, 6) is 0. The van der Waals surface area contributed by atoms with Gasteiger partial charge in [-0.05, 0) is 12.1 Å². The van der Waals surface area contributed by atoms with Crippen molar-refractivity contribution in [1.29, 1.82) is 0 Å². The second kappa shape index (κ2) is 4.26. The van der Waals surface area contributed by atoms with Gasteiger partial charge in [0.15, 0.2) is 0 Å². The summed E-state index contributed by atoms with van der Waals surface area (Å²) in [4.78, 5) is 0.691. The minimum Gasteiger partial charge on any atom is -0.319 e. The van der Waals surface area contributed by atoms with Crippen molar-refractivity contribution >= 4 is 32.8 Å². The Kier molecular flexibility index (Phi) is 2.99. The topological polar surface area (TPSA) is 43.6 Å². The van der Waals surface area contributed by atoms with Gasteiger partial charge in [-0.2, -0.15) is 0 Å². The fourth-order valence-corrected chi connectivity index (χ4v) is 2.82. The maximum absolute atomic E-state index is 11.1. The second-order valence-corrected chi connectivity index (χ2v) is 4.85. The van der Waals surface area contributed by atoms with Crippen LogP contribution in [0.3, 0.4) is 0 Å². The van der Waals surface area contributed by atoms with Crippen LogP contribution in [0.25, 0.3) is 10.2 Å². The molecular weight excluding hydrogens is 232 g/mol. The monoisotopic (exact) mass is 242 g/mol. The van der Waals surface area contributed by atoms with E-state index in [2.05, 4.69) is 8.58 Å². The molecule has 0 N–H and O–H groups in total. The third kappa shape index (κ3) is 2.01. The lowest BCUT2D eigenvalue weighted by Crippen LogP contribution is -2.11. The molecule has 4 nitrogen and oxygen atoms in total. The fraction of sp³-hybridized carbons (Fsp3) is 0.222. The van der Waals surface area contributed by atoms with Crippen molar-refractivity contribution in [3.8, 4) is 0 Å². The van der Waals surface area contributed by atoms with Crippen LogP contribution in [-0.2, 0) is 22.5 Å². The summed E-state index contributed by atoms with van der Waals surface area (Å²) >= 11 is -0.110. The highest BCUT2D eigenvalue weighted by molar-refractivity contribution is 7.78. The molecule has 1 aromatic heterocycles. The molecule has 2 aromatic rings. The molecule has 0 bridgehead atoms. The van der Waals surface area contributed by atoms with Gasteiger partial charge in [-0.3, -0.25) is 4.18 Å². The van der Waals surface area contributed by atoms with Crippen molar-refractivity contribution in [3.05, 3.63) is 29.1 Å². The number of aryl methyl sites for hydroxylation is 1. The van der Waals surface area contributed by atoms with Crippen LogP contribution in [0.5, 0.6) is 0 Å². The zero-order valence-electron chi connectivity index (χ0n) is 8.34. The van der Waals surface area contributed by atoms with Gasteiger partial charge in [0.1, 0.15) is 0 Å². The van der Waals surface area contributed by atoms with Crippen LogP contribution < -0.4 is 4.80 Å². The largest absolute Gasteiger partial charge is 0.319 e. The summed E-state index contributed by atoms with van der Waals surface area (Å²) in [7, 11) is 3.26. The van der Waals surface area contributed by atoms with Gasteiger partial charge in [0.2, 0.25) is 4.80 Å². The Morgan fingerprint density at radius 2 is 2.20 bits per heavy atom. The molecule has 0 spiro atoms. The molecule has 1 aromatic carbocycles. The Morgan fingerprint density at radius 3 is 2.87 bits per heavy atom. The predicted molar refractivity (Wildman–Crippen MR) is 61.5 cm³/mol. The van der Waals surface area contributed by atoms with Gasteiger partial charge in [-0.25, -0.2) is 4.21 Å². The number of fused-ring (bicyclic) bond motifs is 1. The molecule has 0 radical (unpaired) electrons. The van der Waals surface area contributed by atoms with E-state index in [1.807, 2.05) is 35.9 Å². The number of benzene rings is 1. The molecule has 80 valence electrons. The van der Waals surface area contributed by atoms with Crippen molar-refractivity contribution < 1.29 is 8.39 Å². The molecule has 0 saturated carbocycles. The van der Waals surface area contributed by atoms with E-state index in [1.165, 1.54) is 18.4 Å². The molecule has 2 rings (SSSR count). The lowest BCUT2D eigenvalue weighted by atomic mass is 10.3. The average molecular weight is 242 g/mol. The maximum Gasteiger partial charge on any atom is 0.287 e. The number of para-hydroxylation sites is 1. The fourth-order valence-electron chi connectivity index (χ4n) is 1.27. The Hall–Kier alpha value is -0.980. The van der Waals surface area contributed by atoms with Crippen LogP contribution >= 0.6 is 11.3 Å². The van der Waals surface area contributed by atoms with Gasteiger partial charge in [-0.15, -0.1) is 4.40 Å². The molecule has 0 amide bonds. The normalized spacial score (nSPS) is 14.7. The number of hydrogen-bond acceptors (Lipinski definition) is 3. The minimum absolute atomic E-state index is 0.691. The minimum atomic E-state index is -1.60. The van der Waals surface area contributed by atoms with Crippen LogP contribution in [0.1, 0.15) is 0 Å². The first-order valence-electron chi connectivity index (χ1n) is 4.28. The van der Waals surface area contributed by atoms with Gasteiger partial charge < -0.3 is 4.57 Å². The van der Waals surface area contributed by atoms with Crippen LogP contribution in [0.2, 0.25) is 0 Å². The summed E-state index contributed by atoms with van der Waals surface area (Å²) in [6.07, 6.45) is 0. The summed E-state index contributed by atoms with van der Waals surface area (Å²) in [5.41, 5.74) is 1.08. The molecule has 0 aliphatic carbocycles. The first-order valence-corrected chi connectivity index (χ1v) is 6.13. The highest BCUT2D eigenvalue weighted by Gasteiger charge is 2.02. The summed E-state index contributed by atoms with van der Waals surface area (Å²) in [6, 6.07) is 7.94. The number of nitrogens with zero attached hydrogens (tertiary/aromatic N) is 2. The molecular formula is C9H10N2O2S2. The van der Waals surface area contributed by atoms with E-state index >= 15 is 0 Å². The lowest BCUT2D eigenvalue weighted by Gasteiger charge is -1.93. The highest BCUT2D eigenvalue weighted by Crippen LogP contribution is 2.15. The van der Waals surface area contributed by atoms with Crippen LogP contribution in [0.15, 0.2) is 28.7 Å². The third-order valence-corrected chi connectivity index (χ3v) is 3.85. The van der Waals surface area contributed by atoms with Crippen molar-refractivity contribution in [2.24, 2.45) is 11.4 Å². The van der Waals surface area contributed by atoms with E-state index in [0.717, 1.165) is 10.2 Å². The van der Waals surface area contributed by atoms with Crippen LogP contribution in [-0.4, -0.2) is 15.9 Å². The maximum atomic E-state index is 11.1. The standard InChI is InChI=1S/C9H10N2O2S2/c1-11-7-5-3-4-6-8(7)14-9(11)10-15(12)13-2/h3-6H,1-2H3/b10-9-. The SMILES string of the molecule is COS(=O)/N=c1\sc2ccccc2n1C. The first-order chi connectivity index (χ1) is 7.22. The van der Waals surface area contributed by atoms with Crippen molar-refractivity contribution in [2.45, 2.75) is 0 Å². The Morgan fingerprint density at radius 1 is 1.47 bits per heavy atom. The van der Waals surface area contributed by atoms with Gasteiger partial charge in [0, 0.05) is 7.05 Å². The second-order valence-electron chi connectivity index (χ2n) is 2.89. The molecule has 1 atom stereocenters. The highest BCUT2D eigenvalue weighted by atomic mass is 32.2. The summed E-state index contributed by atoms with van der Waals surface area (Å²) < 4.78 is 22.7. The smallest absolute Gasteiger partial charge is 0.287 e. The molecule has 15 heavy (non-hydrogen) atoms. The quantitative estimate of drug-likeness (QED) is 0.798. The zero-order valence-corrected chi connectivity index (χ0v) is 9.97. The molecule has 0 aliphatic rings. The summed E-state index contributed by atoms with van der Waals surface area (Å²) in [6.45, 7) is 0. The van der Waals surface area contributed by atoms with E-state index in [0.29, 0.717) is 4.80 Å². The molecule has 0 aliphatic heterocycles. The van der Waals surface area contributed by atoms with Crippen LogP contribution in [0, 0.1) is 0 Å². The number of rotatable bonds is 2. The molecule has 0 saturated heterocycles. The van der Waals surface area contributed by atoms with Gasteiger partial charge >= 0.3 is 0 Å². The summed E-state index contributed by atoms with van der Waals surface area (Å²) in [5, 5.41) is 0. The lowest BCUT2D eigenvalue weighted by molar-refractivity contribution is 0.446.